The van der Waals surface area contributed by atoms with Gasteiger partial charge in [0.25, 0.3) is 0 Å². The van der Waals surface area contributed by atoms with Gasteiger partial charge in [0.1, 0.15) is 19.3 Å². The molecule has 0 radical (unpaired) electrons. The molecule has 9 heteroatoms. The van der Waals surface area contributed by atoms with Crippen molar-refractivity contribution in [3.63, 3.8) is 0 Å². The number of likely N-dealkylation sites (N-methyl/N-ethyl adjacent to an activating group) is 1. The van der Waals surface area contributed by atoms with Gasteiger partial charge in [0.15, 0.2) is 0 Å². The molecule has 1 N–H and O–H groups in total. The largest absolute Gasteiger partial charge is 0.472 e. The van der Waals surface area contributed by atoms with E-state index in [1.54, 1.807) is 0 Å². The topological polar surface area (TPSA) is 91.3 Å². The summed E-state index contributed by atoms with van der Waals surface area (Å²) in [7, 11) is 1.69. The second kappa shape index (κ2) is 49.9. The second-order valence-electron chi connectivity index (χ2n) is 21.0. The SMILES string of the molecule is CCCCCCCCCCCCCCCCCCCCCCCCCCCCCCCCCC(=O)O[C@H](COCCCCCCCCCCCCCC)COP(=O)(O)OCC[N+](C)(C)C. The van der Waals surface area contributed by atoms with Gasteiger partial charge in [-0.1, -0.05) is 277 Å². The van der Waals surface area contributed by atoms with Gasteiger partial charge in [-0.05, 0) is 12.8 Å². The lowest BCUT2D eigenvalue weighted by atomic mass is 10.0. The Bertz CT molecular complexity index is 1010. The molecule has 0 aliphatic rings. The van der Waals surface area contributed by atoms with E-state index in [0.717, 1.165) is 32.1 Å². The number of phosphoric ester groups is 1. The Morgan fingerprint density at radius 3 is 1.02 bits per heavy atom. The minimum absolute atomic E-state index is 0.0941. The number of ether oxygens (including phenoxy) is 2. The molecule has 0 saturated heterocycles. The normalized spacial score (nSPS) is 13.4. The molecule has 0 saturated carbocycles. The molecule has 0 bridgehead atoms. The second-order valence-corrected chi connectivity index (χ2v) is 22.5. The Morgan fingerprint density at radius 2 is 0.708 bits per heavy atom. The summed E-state index contributed by atoms with van der Waals surface area (Å²) in [6, 6.07) is 0. The van der Waals surface area contributed by atoms with Crippen LogP contribution in [0.2, 0.25) is 0 Å². The van der Waals surface area contributed by atoms with Crippen LogP contribution >= 0.6 is 7.82 Å². The van der Waals surface area contributed by atoms with Crippen LogP contribution < -0.4 is 0 Å². The summed E-state index contributed by atoms with van der Waals surface area (Å²) in [6.45, 7) is 5.70. The first-order chi connectivity index (χ1) is 31.6. The molecule has 2 atom stereocenters. The highest BCUT2D eigenvalue weighted by molar-refractivity contribution is 7.47. The average molecular weight is 946 g/mol. The van der Waals surface area contributed by atoms with Crippen molar-refractivity contribution in [1.82, 2.24) is 0 Å². The molecule has 0 aromatic carbocycles. The number of quaternary nitrogens is 1. The van der Waals surface area contributed by atoms with Gasteiger partial charge in [-0.2, -0.15) is 0 Å². The number of esters is 1. The standard InChI is InChI=1S/C56H114NO7P/c1-6-8-10-12-14-16-18-20-21-22-23-24-25-26-27-28-29-30-31-32-33-34-35-36-37-38-39-41-43-45-47-49-56(58)64-55(54-63-65(59,60)62-52-50-57(3,4)5)53-61-51-48-46-44-42-40-19-17-15-13-11-9-7-2/h55H,6-54H2,1-5H3/p+1/t55-/m1/s1. The van der Waals surface area contributed by atoms with Crippen molar-refractivity contribution in [2.24, 2.45) is 0 Å². The van der Waals surface area contributed by atoms with Crippen LogP contribution in [0.15, 0.2) is 0 Å². The molecule has 8 nitrogen and oxygen atoms in total. The van der Waals surface area contributed by atoms with Crippen LogP contribution in [-0.2, 0) is 27.9 Å². The lowest BCUT2D eigenvalue weighted by Gasteiger charge is -2.24. The fourth-order valence-electron chi connectivity index (χ4n) is 8.73. The van der Waals surface area contributed by atoms with Gasteiger partial charge in [0.2, 0.25) is 0 Å². The summed E-state index contributed by atoms with van der Waals surface area (Å²) >= 11 is 0. The highest BCUT2D eigenvalue weighted by Crippen LogP contribution is 2.43. The third-order valence-electron chi connectivity index (χ3n) is 13.2. The summed E-state index contributed by atoms with van der Waals surface area (Å²) in [5, 5.41) is 0. The van der Waals surface area contributed by atoms with Gasteiger partial charge < -0.3 is 18.9 Å². The lowest BCUT2D eigenvalue weighted by Crippen LogP contribution is -2.37. The number of rotatable bonds is 55. The van der Waals surface area contributed by atoms with E-state index < -0.39 is 13.9 Å². The molecule has 390 valence electrons. The van der Waals surface area contributed by atoms with Gasteiger partial charge in [0.05, 0.1) is 34.4 Å². The Balaban J connectivity index is 3.86. The van der Waals surface area contributed by atoms with Crippen molar-refractivity contribution in [1.29, 1.82) is 0 Å². The Labute approximate surface area is 406 Å². The fourth-order valence-corrected chi connectivity index (χ4v) is 9.48. The Morgan fingerprint density at radius 1 is 0.415 bits per heavy atom. The molecule has 0 amide bonds. The predicted octanol–water partition coefficient (Wildman–Crippen LogP) is 18.0. The van der Waals surface area contributed by atoms with E-state index in [-0.39, 0.29) is 25.8 Å². The van der Waals surface area contributed by atoms with Crippen molar-refractivity contribution < 1.29 is 37.3 Å². The third kappa shape index (κ3) is 54.3. The summed E-state index contributed by atoms with van der Waals surface area (Å²) < 4.78 is 35.2. The van der Waals surface area contributed by atoms with Crippen molar-refractivity contribution in [3.8, 4) is 0 Å². The molecule has 0 heterocycles. The van der Waals surface area contributed by atoms with Crippen molar-refractivity contribution in [2.45, 2.75) is 302 Å². The van der Waals surface area contributed by atoms with Crippen LogP contribution in [0.5, 0.6) is 0 Å². The monoisotopic (exact) mass is 945 g/mol. The van der Waals surface area contributed by atoms with Crippen molar-refractivity contribution in [3.05, 3.63) is 0 Å². The molecule has 65 heavy (non-hydrogen) atoms. The predicted molar refractivity (Wildman–Crippen MR) is 280 cm³/mol. The molecule has 0 aromatic heterocycles. The molecule has 1 unspecified atom stereocenters. The zero-order valence-corrected chi connectivity index (χ0v) is 45.4. The summed E-state index contributed by atoms with van der Waals surface area (Å²) in [5.74, 6) is -0.304. The van der Waals surface area contributed by atoms with Crippen LogP contribution in [0.25, 0.3) is 0 Å². The molecular formula is C56H115NO7P+. The Hall–Kier alpha value is -0.500. The first-order valence-corrected chi connectivity index (χ1v) is 30.3. The zero-order valence-electron chi connectivity index (χ0n) is 44.5. The highest BCUT2D eigenvalue weighted by Gasteiger charge is 2.26. The maximum Gasteiger partial charge on any atom is 0.472 e. The quantitative estimate of drug-likeness (QED) is 0.0281. The number of carbonyl (C=O) groups is 1. The van der Waals surface area contributed by atoms with Gasteiger partial charge in [0, 0.05) is 13.0 Å². The van der Waals surface area contributed by atoms with E-state index in [0.29, 0.717) is 24.1 Å². The van der Waals surface area contributed by atoms with E-state index in [9.17, 15) is 14.3 Å². The van der Waals surface area contributed by atoms with Crippen LogP contribution in [-0.4, -0.2) is 75.6 Å². The van der Waals surface area contributed by atoms with E-state index in [2.05, 4.69) is 13.8 Å². The fraction of sp³-hybridized carbons (Fsp3) is 0.982. The van der Waals surface area contributed by atoms with Crippen LogP contribution in [0.3, 0.4) is 0 Å². The van der Waals surface area contributed by atoms with Gasteiger partial charge in [-0.15, -0.1) is 0 Å². The third-order valence-corrected chi connectivity index (χ3v) is 14.2. The Kier molecular flexibility index (Phi) is 49.5. The van der Waals surface area contributed by atoms with E-state index >= 15 is 0 Å². The number of unbranched alkanes of at least 4 members (excludes halogenated alkanes) is 41. The summed E-state index contributed by atoms with van der Waals surface area (Å²) in [4.78, 5) is 23.0. The van der Waals surface area contributed by atoms with E-state index in [1.807, 2.05) is 21.1 Å². The molecule has 0 rings (SSSR count). The van der Waals surface area contributed by atoms with E-state index in [4.69, 9.17) is 18.5 Å². The average Bonchev–Trinajstić information content (AvgIpc) is 3.27. The number of hydrogen-bond donors (Lipinski definition) is 1. The zero-order chi connectivity index (χ0) is 47.6. The molecule has 0 spiro atoms. The van der Waals surface area contributed by atoms with Gasteiger partial charge >= 0.3 is 13.8 Å². The summed E-state index contributed by atoms with van der Waals surface area (Å²) in [6.07, 6.45) is 57.5. The first kappa shape index (κ1) is 64.5. The molecule has 0 fully saturated rings. The van der Waals surface area contributed by atoms with Gasteiger partial charge in [-0.25, -0.2) is 4.57 Å². The molecule has 0 aromatic rings. The van der Waals surface area contributed by atoms with Gasteiger partial charge in [-0.3, -0.25) is 13.8 Å². The lowest BCUT2D eigenvalue weighted by molar-refractivity contribution is -0.870. The van der Waals surface area contributed by atoms with Crippen molar-refractivity contribution in [2.75, 3.05) is 54.1 Å². The smallest absolute Gasteiger partial charge is 0.457 e. The van der Waals surface area contributed by atoms with Crippen molar-refractivity contribution >= 4 is 13.8 Å². The minimum atomic E-state index is -4.27. The molecule has 0 aliphatic heterocycles. The number of hydrogen-bond acceptors (Lipinski definition) is 6. The first-order valence-electron chi connectivity index (χ1n) is 28.8. The maximum atomic E-state index is 12.8. The van der Waals surface area contributed by atoms with Crippen LogP contribution in [0.1, 0.15) is 296 Å². The minimum Gasteiger partial charge on any atom is -0.457 e. The van der Waals surface area contributed by atoms with Crippen LogP contribution in [0, 0.1) is 0 Å². The summed E-state index contributed by atoms with van der Waals surface area (Å²) in [5.41, 5.74) is 0. The maximum absolute atomic E-state index is 12.8. The highest BCUT2D eigenvalue weighted by atomic mass is 31.2. The van der Waals surface area contributed by atoms with E-state index in [1.165, 1.54) is 244 Å². The van der Waals surface area contributed by atoms with Crippen LogP contribution in [0.4, 0.5) is 0 Å². The number of nitrogens with zero attached hydrogens (tertiary/aromatic N) is 1. The number of phosphoric acid groups is 1. The number of carbonyl (C=O) groups excluding carboxylic acids is 1. The molecular weight excluding hydrogens is 830 g/mol. The molecule has 0 aliphatic carbocycles.